The quantitative estimate of drug-likeness (QED) is 0.572. The van der Waals surface area contributed by atoms with Gasteiger partial charge in [0.05, 0.1) is 0 Å². The number of halogens is 1. The number of likely N-dealkylation sites (tertiary alicyclic amines) is 1. The molecular weight excluding hydrogens is 141 g/mol. The molecule has 1 saturated heterocycles. The van der Waals surface area contributed by atoms with Crippen LogP contribution in [0.1, 0.15) is 33.1 Å². The van der Waals surface area contributed by atoms with E-state index >= 15 is 0 Å². The van der Waals surface area contributed by atoms with Crippen molar-refractivity contribution in [2.24, 2.45) is 5.92 Å². The Morgan fingerprint density at radius 2 is 2.27 bits per heavy atom. The number of alkyl halides is 1. The monoisotopic (exact) mass is 159 g/mol. The predicted octanol–water partition coefficient (Wildman–Crippen LogP) is 2.42. The summed E-state index contributed by atoms with van der Waals surface area (Å²) in [7, 11) is 0. The summed E-state index contributed by atoms with van der Waals surface area (Å²) in [5.74, 6) is 0.701. The summed E-state index contributed by atoms with van der Waals surface area (Å²) in [5, 5.41) is 0. The average molecular weight is 159 g/mol. The summed E-state index contributed by atoms with van der Waals surface area (Å²) in [6.45, 7) is 5.12. The number of hydrogen-bond donors (Lipinski definition) is 0. The van der Waals surface area contributed by atoms with E-state index in [-0.39, 0.29) is 6.80 Å². The van der Waals surface area contributed by atoms with Crippen molar-refractivity contribution < 1.29 is 4.39 Å². The van der Waals surface area contributed by atoms with Gasteiger partial charge in [-0.15, -0.1) is 0 Å². The van der Waals surface area contributed by atoms with E-state index in [4.69, 9.17) is 0 Å². The summed E-state index contributed by atoms with van der Waals surface area (Å²) in [6.07, 6.45) is 3.54. The van der Waals surface area contributed by atoms with Crippen LogP contribution < -0.4 is 0 Å². The van der Waals surface area contributed by atoms with Crippen LogP contribution in [0.4, 0.5) is 4.39 Å². The molecule has 11 heavy (non-hydrogen) atoms. The van der Waals surface area contributed by atoms with Crippen molar-refractivity contribution in [3.8, 4) is 0 Å². The van der Waals surface area contributed by atoms with Crippen molar-refractivity contribution in [2.75, 3.05) is 13.3 Å². The van der Waals surface area contributed by atoms with Gasteiger partial charge in [0.15, 0.2) is 0 Å². The number of nitrogens with zero attached hydrogens (tertiary/aromatic N) is 1. The van der Waals surface area contributed by atoms with Crippen LogP contribution in [0, 0.1) is 5.92 Å². The molecule has 2 heteroatoms. The fraction of sp³-hybridized carbons (Fsp3) is 1.00. The SMILES string of the molecule is CC(C)C[C@H]1CCCN1CF. The van der Waals surface area contributed by atoms with Gasteiger partial charge in [0.25, 0.3) is 0 Å². The first kappa shape index (κ1) is 8.98. The van der Waals surface area contributed by atoms with E-state index in [2.05, 4.69) is 13.8 Å². The van der Waals surface area contributed by atoms with Crippen molar-refractivity contribution in [1.82, 2.24) is 4.90 Å². The molecule has 1 fully saturated rings. The minimum absolute atomic E-state index is 0.253. The van der Waals surface area contributed by atoms with Gasteiger partial charge in [-0.1, -0.05) is 13.8 Å². The maximum absolute atomic E-state index is 12.3. The molecule has 0 amide bonds. The molecule has 0 aromatic heterocycles. The predicted molar refractivity (Wildman–Crippen MR) is 45.2 cm³/mol. The van der Waals surface area contributed by atoms with Crippen molar-refractivity contribution in [1.29, 1.82) is 0 Å². The van der Waals surface area contributed by atoms with Gasteiger partial charge in [-0.3, -0.25) is 4.90 Å². The van der Waals surface area contributed by atoms with Gasteiger partial charge < -0.3 is 0 Å². The Bertz CT molecular complexity index is 114. The van der Waals surface area contributed by atoms with E-state index in [1.165, 1.54) is 12.8 Å². The fourth-order valence-electron chi connectivity index (χ4n) is 1.86. The molecule has 1 nitrogen and oxygen atoms in total. The van der Waals surface area contributed by atoms with Gasteiger partial charge in [-0.2, -0.15) is 0 Å². The molecule has 0 unspecified atom stereocenters. The molecule has 0 aromatic rings. The highest BCUT2D eigenvalue weighted by molar-refractivity contribution is 4.77. The Labute approximate surface area is 68.6 Å². The second kappa shape index (κ2) is 4.05. The van der Waals surface area contributed by atoms with Crippen LogP contribution in [-0.4, -0.2) is 24.3 Å². The summed E-state index contributed by atoms with van der Waals surface area (Å²) >= 11 is 0. The first-order valence-electron chi connectivity index (χ1n) is 4.54. The third-order valence-electron chi connectivity index (χ3n) is 2.40. The van der Waals surface area contributed by atoms with Crippen molar-refractivity contribution in [3.05, 3.63) is 0 Å². The zero-order chi connectivity index (χ0) is 8.27. The molecule has 1 atom stereocenters. The molecule has 66 valence electrons. The Hall–Kier alpha value is -0.110. The molecule has 0 N–H and O–H groups in total. The fourth-order valence-corrected chi connectivity index (χ4v) is 1.86. The molecule has 0 aromatic carbocycles. The van der Waals surface area contributed by atoms with Gasteiger partial charge in [-0.25, -0.2) is 4.39 Å². The van der Waals surface area contributed by atoms with Crippen molar-refractivity contribution in [3.63, 3.8) is 0 Å². The summed E-state index contributed by atoms with van der Waals surface area (Å²) < 4.78 is 12.3. The molecule has 0 aliphatic carbocycles. The summed E-state index contributed by atoms with van der Waals surface area (Å²) in [6, 6.07) is 0.528. The van der Waals surface area contributed by atoms with Crippen LogP contribution in [0.15, 0.2) is 0 Å². The van der Waals surface area contributed by atoms with E-state index in [9.17, 15) is 4.39 Å². The standard InChI is InChI=1S/C9H18FN/c1-8(2)6-9-4-3-5-11(9)7-10/h8-9H,3-7H2,1-2H3/t9-/m1/s1. The number of rotatable bonds is 3. The lowest BCUT2D eigenvalue weighted by Gasteiger charge is -2.22. The van der Waals surface area contributed by atoms with Crippen LogP contribution in [0.25, 0.3) is 0 Å². The van der Waals surface area contributed by atoms with E-state index in [1.54, 1.807) is 0 Å². The van der Waals surface area contributed by atoms with Crippen LogP contribution in [0.3, 0.4) is 0 Å². The van der Waals surface area contributed by atoms with Crippen LogP contribution in [0.2, 0.25) is 0 Å². The zero-order valence-corrected chi connectivity index (χ0v) is 7.52. The van der Waals surface area contributed by atoms with Gasteiger partial charge in [-0.05, 0) is 25.2 Å². The zero-order valence-electron chi connectivity index (χ0n) is 7.52. The third kappa shape index (κ3) is 2.44. The Morgan fingerprint density at radius 1 is 1.55 bits per heavy atom. The van der Waals surface area contributed by atoms with Crippen LogP contribution in [-0.2, 0) is 0 Å². The molecule has 0 spiro atoms. The number of hydrogen-bond acceptors (Lipinski definition) is 1. The molecular formula is C9H18FN. The first-order valence-corrected chi connectivity index (χ1v) is 4.54. The lowest BCUT2D eigenvalue weighted by molar-refractivity contribution is 0.155. The molecule has 0 bridgehead atoms. The average Bonchev–Trinajstić information content (AvgIpc) is 2.34. The summed E-state index contributed by atoms with van der Waals surface area (Å²) in [5.41, 5.74) is 0. The topological polar surface area (TPSA) is 3.24 Å². The maximum Gasteiger partial charge on any atom is 0.143 e. The minimum atomic E-state index is -0.253. The maximum atomic E-state index is 12.3. The second-order valence-corrected chi connectivity index (χ2v) is 3.86. The summed E-state index contributed by atoms with van der Waals surface area (Å²) in [4.78, 5) is 1.96. The largest absolute Gasteiger partial charge is 0.274 e. The molecule has 1 aliphatic rings. The highest BCUT2D eigenvalue weighted by Gasteiger charge is 2.24. The van der Waals surface area contributed by atoms with Crippen molar-refractivity contribution in [2.45, 2.75) is 39.2 Å². The molecule has 0 radical (unpaired) electrons. The van der Waals surface area contributed by atoms with Gasteiger partial charge in [0, 0.05) is 12.6 Å². The lowest BCUT2D eigenvalue weighted by atomic mass is 10.0. The minimum Gasteiger partial charge on any atom is -0.274 e. The van der Waals surface area contributed by atoms with Crippen LogP contribution >= 0.6 is 0 Å². The molecule has 0 saturated carbocycles. The third-order valence-corrected chi connectivity index (χ3v) is 2.40. The highest BCUT2D eigenvalue weighted by atomic mass is 19.1. The van der Waals surface area contributed by atoms with Gasteiger partial charge >= 0.3 is 0 Å². The smallest absolute Gasteiger partial charge is 0.143 e. The lowest BCUT2D eigenvalue weighted by Crippen LogP contribution is -2.29. The van der Waals surface area contributed by atoms with Crippen molar-refractivity contribution >= 4 is 0 Å². The molecule has 1 rings (SSSR count). The Balaban J connectivity index is 2.31. The van der Waals surface area contributed by atoms with Gasteiger partial charge in [0.1, 0.15) is 6.80 Å². The van der Waals surface area contributed by atoms with E-state index in [0.717, 1.165) is 13.0 Å². The first-order chi connectivity index (χ1) is 5.24. The Morgan fingerprint density at radius 3 is 2.82 bits per heavy atom. The second-order valence-electron chi connectivity index (χ2n) is 3.86. The van der Waals surface area contributed by atoms with E-state index in [0.29, 0.717) is 12.0 Å². The van der Waals surface area contributed by atoms with E-state index in [1.807, 2.05) is 4.90 Å². The normalized spacial score (nSPS) is 26.7. The van der Waals surface area contributed by atoms with E-state index < -0.39 is 0 Å². The van der Waals surface area contributed by atoms with Gasteiger partial charge in [0.2, 0.25) is 0 Å². The van der Waals surface area contributed by atoms with Crippen LogP contribution in [0.5, 0.6) is 0 Å². The highest BCUT2D eigenvalue weighted by Crippen LogP contribution is 2.22. The molecule has 1 aliphatic heterocycles. The molecule has 1 heterocycles. The Kier molecular flexibility index (Phi) is 3.31.